The molecule has 32 heavy (non-hydrogen) atoms. The van der Waals surface area contributed by atoms with Crippen molar-refractivity contribution in [2.45, 2.75) is 41.5 Å². The molecule has 2 aromatic carbocycles. The number of ether oxygens (including phenoxy) is 2. The summed E-state index contributed by atoms with van der Waals surface area (Å²) in [6, 6.07) is 8.42. The van der Waals surface area contributed by atoms with Crippen LogP contribution in [0.25, 0.3) is 11.1 Å². The molecule has 2 rings (SSSR count). The van der Waals surface area contributed by atoms with Gasteiger partial charge >= 0.3 is 5.97 Å². The Kier molecular flexibility index (Phi) is 7.28. The van der Waals surface area contributed by atoms with Crippen LogP contribution >= 0.6 is 0 Å². The normalized spacial score (nSPS) is 11.5. The van der Waals surface area contributed by atoms with Crippen molar-refractivity contribution in [1.82, 2.24) is 10.9 Å². The fourth-order valence-electron chi connectivity index (χ4n) is 2.48. The quantitative estimate of drug-likeness (QED) is 0.418. The van der Waals surface area contributed by atoms with Crippen LogP contribution in [0.1, 0.15) is 51.9 Å². The van der Waals surface area contributed by atoms with Crippen LogP contribution in [0.4, 0.5) is 4.39 Å². The van der Waals surface area contributed by atoms with Crippen LogP contribution in [-0.4, -0.2) is 24.9 Å². The Hall–Kier alpha value is -3.42. The van der Waals surface area contributed by atoms with E-state index in [-0.39, 0.29) is 22.4 Å². The van der Waals surface area contributed by atoms with Gasteiger partial charge in [0.15, 0.2) is 0 Å². The summed E-state index contributed by atoms with van der Waals surface area (Å²) in [5, 5.41) is 0. The molecule has 0 aliphatic rings. The number of amides is 2. The van der Waals surface area contributed by atoms with Gasteiger partial charge in [0.05, 0.1) is 18.1 Å². The molecule has 172 valence electrons. The highest BCUT2D eigenvalue weighted by molar-refractivity contribution is 6.02. The van der Waals surface area contributed by atoms with E-state index in [9.17, 15) is 18.8 Å². The van der Waals surface area contributed by atoms with Gasteiger partial charge in [-0.2, -0.15) is 0 Å². The highest BCUT2D eigenvalue weighted by Gasteiger charge is 2.26. The van der Waals surface area contributed by atoms with Crippen LogP contribution < -0.4 is 20.3 Å². The van der Waals surface area contributed by atoms with Gasteiger partial charge in [0.25, 0.3) is 5.91 Å². The van der Waals surface area contributed by atoms with Crippen molar-refractivity contribution >= 4 is 17.8 Å². The number of rotatable bonds is 4. The number of carbonyl (C=O) groups excluding carboxylic acids is 3. The van der Waals surface area contributed by atoms with E-state index in [2.05, 4.69) is 10.9 Å². The molecule has 0 saturated heterocycles. The molecule has 8 heteroatoms. The molecule has 0 spiro atoms. The lowest BCUT2D eigenvalue weighted by atomic mass is 9.96. The van der Waals surface area contributed by atoms with Crippen molar-refractivity contribution in [1.29, 1.82) is 0 Å². The molecule has 0 aliphatic heterocycles. The highest BCUT2D eigenvalue weighted by Crippen LogP contribution is 2.32. The van der Waals surface area contributed by atoms with Crippen molar-refractivity contribution < 1.29 is 28.2 Å². The monoisotopic (exact) mass is 444 g/mol. The first-order chi connectivity index (χ1) is 14.7. The SMILES string of the molecule is COc1ccc(F)c(-c2ccc(OC(=O)C(C)(C)C)cc2C(=O)NNC(=O)C(C)(C)C)c1. The number of halogens is 1. The molecular weight excluding hydrogens is 415 g/mol. The summed E-state index contributed by atoms with van der Waals surface area (Å²) in [6.07, 6.45) is 0. The zero-order chi connectivity index (χ0) is 24.3. The minimum absolute atomic E-state index is 0.00516. The van der Waals surface area contributed by atoms with Gasteiger partial charge in [-0.1, -0.05) is 20.8 Å². The molecule has 0 aromatic heterocycles. The Balaban J connectivity index is 2.50. The second-order valence-corrected chi connectivity index (χ2v) is 9.35. The molecule has 0 saturated carbocycles. The van der Waals surface area contributed by atoms with Crippen molar-refractivity contribution in [3.63, 3.8) is 0 Å². The first kappa shape index (κ1) is 24.8. The maximum Gasteiger partial charge on any atom is 0.316 e. The first-order valence-electron chi connectivity index (χ1n) is 10.0. The third-order valence-electron chi connectivity index (χ3n) is 4.49. The summed E-state index contributed by atoms with van der Waals surface area (Å²) in [7, 11) is 1.45. The standard InChI is InChI=1S/C24H29FN2O5/c1-23(2,3)21(29)27-26-20(28)18-13-15(32-22(30)24(4,5)6)8-10-16(18)17-12-14(31-7)9-11-19(17)25/h8-13H,1-7H3,(H,26,28)(H,27,29). The second-order valence-electron chi connectivity index (χ2n) is 9.35. The molecule has 0 aliphatic carbocycles. The Morgan fingerprint density at radius 3 is 2.00 bits per heavy atom. The van der Waals surface area contributed by atoms with Crippen LogP contribution in [0.3, 0.4) is 0 Å². The summed E-state index contributed by atoms with van der Waals surface area (Å²) >= 11 is 0. The number of hydrogen-bond acceptors (Lipinski definition) is 5. The molecule has 0 unspecified atom stereocenters. The molecular formula is C24H29FN2O5. The van der Waals surface area contributed by atoms with E-state index in [1.54, 1.807) is 41.5 Å². The number of benzene rings is 2. The molecule has 2 aromatic rings. The summed E-state index contributed by atoms with van der Waals surface area (Å²) in [6.45, 7) is 10.2. The maximum absolute atomic E-state index is 14.6. The van der Waals surface area contributed by atoms with E-state index in [1.807, 2.05) is 0 Å². The third kappa shape index (κ3) is 6.06. The average Bonchev–Trinajstić information content (AvgIpc) is 2.70. The van der Waals surface area contributed by atoms with E-state index in [4.69, 9.17) is 9.47 Å². The van der Waals surface area contributed by atoms with Crippen LogP contribution in [0.2, 0.25) is 0 Å². The fraction of sp³-hybridized carbons (Fsp3) is 0.375. The van der Waals surface area contributed by atoms with Gasteiger partial charge in [-0.15, -0.1) is 0 Å². The summed E-state index contributed by atoms with van der Waals surface area (Å²) in [5.41, 5.74) is 3.55. The largest absolute Gasteiger partial charge is 0.497 e. The van der Waals surface area contributed by atoms with Crippen molar-refractivity contribution in [2.75, 3.05) is 7.11 Å². The van der Waals surface area contributed by atoms with Gasteiger partial charge in [-0.25, -0.2) is 4.39 Å². The molecule has 2 N–H and O–H groups in total. The number of esters is 1. The topological polar surface area (TPSA) is 93.7 Å². The van der Waals surface area contributed by atoms with E-state index in [0.717, 1.165) is 0 Å². The molecule has 0 bridgehead atoms. The summed E-state index contributed by atoms with van der Waals surface area (Å²) < 4.78 is 25.2. The minimum atomic E-state index is -0.763. The molecule has 0 fully saturated rings. The van der Waals surface area contributed by atoms with Gasteiger partial charge in [-0.3, -0.25) is 25.2 Å². The molecule has 0 heterocycles. The maximum atomic E-state index is 14.6. The number of hydrogen-bond donors (Lipinski definition) is 2. The van der Waals surface area contributed by atoms with E-state index in [1.165, 1.54) is 43.5 Å². The number of carbonyl (C=O) groups is 3. The van der Waals surface area contributed by atoms with E-state index >= 15 is 0 Å². The minimum Gasteiger partial charge on any atom is -0.497 e. The molecule has 0 radical (unpaired) electrons. The van der Waals surface area contributed by atoms with Crippen molar-refractivity contribution in [2.24, 2.45) is 10.8 Å². The van der Waals surface area contributed by atoms with Gasteiger partial charge in [0, 0.05) is 11.0 Å². The van der Waals surface area contributed by atoms with Crippen molar-refractivity contribution in [3.8, 4) is 22.6 Å². The predicted octanol–water partition coefficient (Wildman–Crippen LogP) is 4.26. The first-order valence-corrected chi connectivity index (χ1v) is 10.0. The van der Waals surface area contributed by atoms with Gasteiger partial charge in [0.2, 0.25) is 5.91 Å². The Morgan fingerprint density at radius 2 is 1.44 bits per heavy atom. The van der Waals surface area contributed by atoms with Gasteiger partial charge in [0.1, 0.15) is 17.3 Å². The number of nitrogens with one attached hydrogen (secondary N) is 2. The average molecular weight is 445 g/mol. The Labute approximate surface area is 187 Å². The number of methoxy groups -OCH3 is 1. The molecule has 2 amide bonds. The zero-order valence-electron chi connectivity index (χ0n) is 19.4. The van der Waals surface area contributed by atoms with Gasteiger partial charge in [-0.05, 0) is 62.7 Å². The Morgan fingerprint density at radius 1 is 0.812 bits per heavy atom. The molecule has 7 nitrogen and oxygen atoms in total. The lowest BCUT2D eigenvalue weighted by Crippen LogP contribution is -2.46. The van der Waals surface area contributed by atoms with Crippen LogP contribution in [0.15, 0.2) is 36.4 Å². The second kappa shape index (κ2) is 9.38. The van der Waals surface area contributed by atoms with Crippen molar-refractivity contribution in [3.05, 3.63) is 47.8 Å². The van der Waals surface area contributed by atoms with E-state index < -0.39 is 34.4 Å². The van der Waals surface area contributed by atoms with Crippen LogP contribution in [-0.2, 0) is 9.59 Å². The lowest BCUT2D eigenvalue weighted by Gasteiger charge is -2.20. The smallest absolute Gasteiger partial charge is 0.316 e. The third-order valence-corrected chi connectivity index (χ3v) is 4.49. The Bertz CT molecular complexity index is 1040. The van der Waals surface area contributed by atoms with Gasteiger partial charge < -0.3 is 9.47 Å². The zero-order valence-corrected chi connectivity index (χ0v) is 19.4. The molecule has 0 atom stereocenters. The summed E-state index contributed by atoms with van der Waals surface area (Å²) in [4.78, 5) is 37.4. The highest BCUT2D eigenvalue weighted by atomic mass is 19.1. The number of hydrazine groups is 1. The summed E-state index contributed by atoms with van der Waals surface area (Å²) in [5.74, 6) is -1.66. The van der Waals surface area contributed by atoms with Crippen LogP contribution in [0.5, 0.6) is 11.5 Å². The van der Waals surface area contributed by atoms with Crippen LogP contribution in [0, 0.1) is 16.6 Å². The lowest BCUT2D eigenvalue weighted by molar-refractivity contribution is -0.143. The predicted molar refractivity (Wildman–Crippen MR) is 119 cm³/mol. The fourth-order valence-corrected chi connectivity index (χ4v) is 2.48. The van der Waals surface area contributed by atoms with E-state index in [0.29, 0.717) is 5.75 Å².